The summed E-state index contributed by atoms with van der Waals surface area (Å²) in [4.78, 5) is 25.0. The van der Waals surface area contributed by atoms with Crippen molar-refractivity contribution in [2.45, 2.75) is 25.9 Å². The highest BCUT2D eigenvalue weighted by atomic mass is 19.1. The maximum Gasteiger partial charge on any atom is 0.289 e. The molecule has 2 aromatic heterocycles. The molecule has 2 atom stereocenters. The second-order valence-corrected chi connectivity index (χ2v) is 7.05. The zero-order valence-electron chi connectivity index (χ0n) is 14.2. The molecular formula is C18H21FN4O2. The minimum absolute atomic E-state index is 0.169. The van der Waals surface area contributed by atoms with Crippen LogP contribution in [0.2, 0.25) is 0 Å². The highest BCUT2D eigenvalue weighted by Gasteiger charge is 2.50. The maximum atomic E-state index is 14.8. The van der Waals surface area contributed by atoms with E-state index >= 15 is 0 Å². The van der Waals surface area contributed by atoms with E-state index in [0.29, 0.717) is 50.7 Å². The minimum atomic E-state index is -0.927. The van der Waals surface area contributed by atoms with E-state index in [2.05, 4.69) is 9.97 Å². The number of halogens is 1. The van der Waals surface area contributed by atoms with Gasteiger partial charge in [-0.1, -0.05) is 0 Å². The van der Waals surface area contributed by atoms with E-state index in [0.717, 1.165) is 5.56 Å². The fourth-order valence-corrected chi connectivity index (χ4v) is 3.86. The summed E-state index contributed by atoms with van der Waals surface area (Å²) in [5.41, 5.74) is 0.435. The van der Waals surface area contributed by atoms with Gasteiger partial charge in [0.25, 0.3) is 5.91 Å². The summed E-state index contributed by atoms with van der Waals surface area (Å²) in [5, 5.41) is 0. The molecule has 4 rings (SSSR count). The highest BCUT2D eigenvalue weighted by Crippen LogP contribution is 2.42. The number of rotatable bonds is 2. The van der Waals surface area contributed by atoms with Gasteiger partial charge in [-0.3, -0.25) is 4.79 Å². The van der Waals surface area contributed by atoms with Crippen molar-refractivity contribution in [1.82, 2.24) is 14.9 Å². The van der Waals surface area contributed by atoms with Crippen LogP contribution in [0, 0.1) is 12.3 Å². The molecule has 1 amide bonds. The number of nitrogens with zero attached hydrogens (tertiary/aromatic N) is 4. The molecule has 0 N–H and O–H groups in total. The van der Waals surface area contributed by atoms with Gasteiger partial charge in [-0.15, -0.1) is 0 Å². The van der Waals surface area contributed by atoms with E-state index in [1.54, 1.807) is 29.4 Å². The summed E-state index contributed by atoms with van der Waals surface area (Å²) in [5.74, 6) is 0.771. The first-order valence-electron chi connectivity index (χ1n) is 8.58. The van der Waals surface area contributed by atoms with Gasteiger partial charge in [0.05, 0.1) is 6.26 Å². The lowest BCUT2D eigenvalue weighted by molar-refractivity contribution is 0.0644. The minimum Gasteiger partial charge on any atom is -0.459 e. The Morgan fingerprint density at radius 1 is 1.32 bits per heavy atom. The Morgan fingerprint density at radius 3 is 2.84 bits per heavy atom. The van der Waals surface area contributed by atoms with E-state index in [4.69, 9.17) is 4.42 Å². The number of anilines is 1. The molecule has 4 heterocycles. The number of likely N-dealkylation sites (tertiary alicyclic amines) is 1. The molecule has 25 heavy (non-hydrogen) atoms. The van der Waals surface area contributed by atoms with Gasteiger partial charge in [-0.25, -0.2) is 14.4 Å². The normalized spacial score (nSPS) is 26.4. The number of aryl methyl sites for hydroxylation is 1. The molecule has 0 saturated carbocycles. The fraction of sp³-hybridized carbons (Fsp3) is 0.500. The van der Waals surface area contributed by atoms with Crippen molar-refractivity contribution >= 4 is 11.9 Å². The maximum absolute atomic E-state index is 14.8. The van der Waals surface area contributed by atoms with Crippen molar-refractivity contribution in [3.63, 3.8) is 0 Å². The number of carbonyl (C=O) groups is 1. The average molecular weight is 344 g/mol. The standard InChI is InChI=1S/C18H21FN4O2/c1-13-9-20-17(21-10-13)23-6-4-15(19)18(12-23)5-7-22(11-18)16(24)14-3-2-8-25-14/h2-3,8-10,15H,4-7,11-12H2,1H3/t15-,18+/m1/s1. The van der Waals surface area contributed by atoms with Crippen LogP contribution in [0.3, 0.4) is 0 Å². The SMILES string of the molecule is Cc1cnc(N2CC[C@@H](F)[C@]3(CCN(C(=O)c4ccco4)C3)C2)nc1. The van der Waals surface area contributed by atoms with Gasteiger partial charge >= 0.3 is 0 Å². The lowest BCUT2D eigenvalue weighted by Gasteiger charge is -2.42. The molecule has 2 saturated heterocycles. The Kier molecular flexibility index (Phi) is 3.94. The van der Waals surface area contributed by atoms with Crippen LogP contribution < -0.4 is 4.90 Å². The van der Waals surface area contributed by atoms with Crippen molar-refractivity contribution in [3.05, 3.63) is 42.1 Å². The molecule has 2 aliphatic rings. The number of carbonyl (C=O) groups excluding carboxylic acids is 1. The summed E-state index contributed by atoms with van der Waals surface area (Å²) in [6.07, 6.45) is 5.18. The first kappa shape index (κ1) is 16.1. The first-order chi connectivity index (χ1) is 12.1. The van der Waals surface area contributed by atoms with Crippen molar-refractivity contribution in [2.75, 3.05) is 31.1 Å². The number of alkyl halides is 1. The summed E-state index contributed by atoms with van der Waals surface area (Å²) < 4.78 is 20.0. The molecule has 7 heteroatoms. The van der Waals surface area contributed by atoms with Gasteiger partial charge in [0, 0.05) is 44.0 Å². The third kappa shape index (κ3) is 2.88. The number of piperidine rings is 1. The Morgan fingerprint density at radius 2 is 2.12 bits per heavy atom. The van der Waals surface area contributed by atoms with Crippen LogP contribution >= 0.6 is 0 Å². The van der Waals surface area contributed by atoms with E-state index in [-0.39, 0.29) is 5.91 Å². The van der Waals surface area contributed by atoms with Crippen LogP contribution in [0.5, 0.6) is 0 Å². The molecule has 6 nitrogen and oxygen atoms in total. The van der Waals surface area contributed by atoms with Gasteiger partial charge in [0.2, 0.25) is 5.95 Å². The van der Waals surface area contributed by atoms with Gasteiger partial charge in [-0.05, 0) is 37.5 Å². The Balaban J connectivity index is 1.52. The third-order valence-corrected chi connectivity index (χ3v) is 5.28. The second-order valence-electron chi connectivity index (χ2n) is 7.05. The highest BCUT2D eigenvalue weighted by molar-refractivity contribution is 5.91. The topological polar surface area (TPSA) is 62.5 Å². The van der Waals surface area contributed by atoms with Crippen LogP contribution in [0.25, 0.3) is 0 Å². The largest absolute Gasteiger partial charge is 0.459 e. The van der Waals surface area contributed by atoms with E-state index in [9.17, 15) is 9.18 Å². The molecule has 132 valence electrons. The van der Waals surface area contributed by atoms with Crippen LogP contribution in [-0.4, -0.2) is 53.1 Å². The Bertz CT molecular complexity index is 749. The van der Waals surface area contributed by atoms with Crippen molar-refractivity contribution in [2.24, 2.45) is 5.41 Å². The molecule has 2 fully saturated rings. The zero-order chi connectivity index (χ0) is 17.4. The average Bonchev–Trinajstić information content (AvgIpc) is 3.29. The van der Waals surface area contributed by atoms with Gasteiger partial charge in [0.1, 0.15) is 6.17 Å². The number of aromatic nitrogens is 2. The number of hydrogen-bond donors (Lipinski definition) is 0. The molecule has 0 bridgehead atoms. The second kappa shape index (κ2) is 6.13. The summed E-state index contributed by atoms with van der Waals surface area (Å²) in [6.45, 7) is 4.00. The fourth-order valence-electron chi connectivity index (χ4n) is 3.86. The monoisotopic (exact) mass is 344 g/mol. The number of amides is 1. The summed E-state index contributed by atoms with van der Waals surface area (Å²) >= 11 is 0. The van der Waals surface area contributed by atoms with Crippen molar-refractivity contribution < 1.29 is 13.6 Å². The Hall–Kier alpha value is -2.44. The first-order valence-corrected chi connectivity index (χ1v) is 8.58. The van der Waals surface area contributed by atoms with Gasteiger partial charge in [-0.2, -0.15) is 0 Å². The molecule has 0 aliphatic carbocycles. The van der Waals surface area contributed by atoms with E-state index in [1.165, 1.54) is 6.26 Å². The van der Waals surface area contributed by atoms with E-state index in [1.807, 2.05) is 11.8 Å². The molecule has 0 radical (unpaired) electrons. The van der Waals surface area contributed by atoms with Gasteiger partial charge < -0.3 is 14.2 Å². The predicted molar refractivity (Wildman–Crippen MR) is 90.2 cm³/mol. The molecular weight excluding hydrogens is 323 g/mol. The molecule has 2 aliphatic heterocycles. The quantitative estimate of drug-likeness (QED) is 0.837. The Labute approximate surface area is 145 Å². The van der Waals surface area contributed by atoms with Crippen molar-refractivity contribution in [1.29, 1.82) is 0 Å². The number of hydrogen-bond acceptors (Lipinski definition) is 5. The lowest BCUT2D eigenvalue weighted by Crippen LogP contribution is -2.52. The summed E-state index contributed by atoms with van der Waals surface area (Å²) in [7, 11) is 0. The zero-order valence-corrected chi connectivity index (χ0v) is 14.2. The third-order valence-electron chi connectivity index (χ3n) is 5.28. The van der Waals surface area contributed by atoms with Crippen LogP contribution in [0.4, 0.5) is 10.3 Å². The van der Waals surface area contributed by atoms with Crippen molar-refractivity contribution in [3.8, 4) is 0 Å². The molecule has 1 spiro atoms. The van der Waals surface area contributed by atoms with E-state index < -0.39 is 11.6 Å². The van der Waals surface area contributed by atoms with Crippen LogP contribution in [0.1, 0.15) is 29.0 Å². The van der Waals surface area contributed by atoms with Gasteiger partial charge in [0.15, 0.2) is 5.76 Å². The predicted octanol–water partition coefficient (Wildman–Crippen LogP) is 2.46. The van der Waals surface area contributed by atoms with Crippen LogP contribution in [-0.2, 0) is 0 Å². The molecule has 2 aromatic rings. The lowest BCUT2D eigenvalue weighted by atomic mass is 9.77. The van der Waals surface area contributed by atoms with Crippen LogP contribution in [0.15, 0.2) is 35.2 Å². The smallest absolute Gasteiger partial charge is 0.289 e. The number of furan rings is 1. The molecule has 0 unspecified atom stereocenters. The summed E-state index contributed by atoms with van der Waals surface area (Å²) in [6, 6.07) is 3.33. The molecule has 0 aromatic carbocycles.